The summed E-state index contributed by atoms with van der Waals surface area (Å²) in [5.74, 6) is 0.201. The van der Waals surface area contributed by atoms with Gasteiger partial charge in [0, 0.05) is 25.6 Å². The van der Waals surface area contributed by atoms with Crippen LogP contribution >= 0.6 is 0 Å². The van der Waals surface area contributed by atoms with Gasteiger partial charge < -0.3 is 14.7 Å². The summed E-state index contributed by atoms with van der Waals surface area (Å²) in [6.45, 7) is 12.0. The summed E-state index contributed by atoms with van der Waals surface area (Å²) in [6.07, 6.45) is 0.572. The Hall–Kier alpha value is -0.610. The minimum absolute atomic E-state index is 0.0157. The van der Waals surface area contributed by atoms with E-state index in [1.165, 1.54) is 0 Å². The third kappa shape index (κ3) is 4.58. The molecule has 1 aliphatic heterocycles. The van der Waals surface area contributed by atoms with Crippen molar-refractivity contribution in [2.45, 2.75) is 53.2 Å². The maximum atomic E-state index is 11.9. The number of β-amino-alcohol motifs (C(OH)–C–C–N with tert-alkyl or cyclic N) is 1. The van der Waals surface area contributed by atoms with Gasteiger partial charge in [0.1, 0.15) is 6.10 Å². The lowest BCUT2D eigenvalue weighted by Crippen LogP contribution is -2.46. The van der Waals surface area contributed by atoms with Crippen molar-refractivity contribution in [3.05, 3.63) is 0 Å². The number of esters is 1. The van der Waals surface area contributed by atoms with E-state index in [0.29, 0.717) is 12.5 Å². The lowest BCUT2D eigenvalue weighted by Gasteiger charge is -2.37. The van der Waals surface area contributed by atoms with Crippen LogP contribution in [0.25, 0.3) is 0 Å². The molecule has 0 radical (unpaired) electrons. The highest BCUT2D eigenvalue weighted by atomic mass is 16.5. The predicted octanol–water partition coefficient (Wildman–Crippen LogP) is 1.67. The van der Waals surface area contributed by atoms with Crippen molar-refractivity contribution in [1.29, 1.82) is 0 Å². The van der Waals surface area contributed by atoms with Gasteiger partial charge in [0.2, 0.25) is 0 Å². The molecule has 4 heteroatoms. The largest absolute Gasteiger partial charge is 0.462 e. The summed E-state index contributed by atoms with van der Waals surface area (Å²) >= 11 is 0. The highest BCUT2D eigenvalue weighted by Crippen LogP contribution is 2.24. The second-order valence-electron chi connectivity index (χ2n) is 6.57. The Labute approximate surface area is 110 Å². The number of rotatable bonds is 3. The molecule has 0 aromatic heterocycles. The predicted molar refractivity (Wildman–Crippen MR) is 71.2 cm³/mol. The number of aliphatic hydroxyl groups is 1. The zero-order chi connectivity index (χ0) is 13.9. The molecule has 0 saturated carbocycles. The Morgan fingerprint density at radius 1 is 1.50 bits per heavy atom. The van der Waals surface area contributed by atoms with Crippen LogP contribution in [-0.4, -0.2) is 47.8 Å². The van der Waals surface area contributed by atoms with Crippen LogP contribution in [0.5, 0.6) is 0 Å². The van der Waals surface area contributed by atoms with Crippen LogP contribution < -0.4 is 0 Å². The molecule has 4 nitrogen and oxygen atoms in total. The van der Waals surface area contributed by atoms with Crippen molar-refractivity contribution in [1.82, 2.24) is 4.90 Å². The van der Waals surface area contributed by atoms with E-state index in [1.807, 2.05) is 20.8 Å². The van der Waals surface area contributed by atoms with Crippen molar-refractivity contribution < 1.29 is 14.6 Å². The molecule has 3 atom stereocenters. The summed E-state index contributed by atoms with van der Waals surface area (Å²) in [5.41, 5.74) is -0.434. The minimum Gasteiger partial charge on any atom is -0.462 e. The SMILES string of the molecule is C[C@@H](O)CN1CC[C@H](OC(=O)C(C)(C)C)[C@@H](C)C1. The zero-order valence-electron chi connectivity index (χ0n) is 12.3. The van der Waals surface area contributed by atoms with Crippen LogP contribution in [-0.2, 0) is 9.53 Å². The zero-order valence-corrected chi connectivity index (χ0v) is 12.3. The molecular weight excluding hydrogens is 230 g/mol. The Bertz CT molecular complexity index is 283. The quantitative estimate of drug-likeness (QED) is 0.781. The van der Waals surface area contributed by atoms with Crippen molar-refractivity contribution in [2.75, 3.05) is 19.6 Å². The molecule has 0 bridgehead atoms. The second-order valence-corrected chi connectivity index (χ2v) is 6.57. The first-order valence-corrected chi connectivity index (χ1v) is 6.81. The van der Waals surface area contributed by atoms with E-state index >= 15 is 0 Å². The molecule has 1 aliphatic rings. The molecule has 1 N–H and O–H groups in total. The van der Waals surface area contributed by atoms with Crippen LogP contribution in [0.1, 0.15) is 41.0 Å². The second kappa shape index (κ2) is 6.02. The normalized spacial score (nSPS) is 27.9. The molecule has 1 rings (SSSR count). The van der Waals surface area contributed by atoms with E-state index < -0.39 is 5.41 Å². The highest BCUT2D eigenvalue weighted by Gasteiger charge is 2.32. The summed E-state index contributed by atoms with van der Waals surface area (Å²) < 4.78 is 5.59. The van der Waals surface area contributed by atoms with E-state index in [2.05, 4.69) is 11.8 Å². The summed E-state index contributed by atoms with van der Waals surface area (Å²) in [5, 5.41) is 9.38. The molecule has 0 unspecified atom stereocenters. The standard InChI is InChI=1S/C14H27NO3/c1-10-8-15(9-11(2)16)7-6-12(10)18-13(17)14(3,4)5/h10-12,16H,6-9H2,1-5H3/t10-,11+,12-/m0/s1. The number of carbonyl (C=O) groups excluding carboxylic acids is 1. The smallest absolute Gasteiger partial charge is 0.311 e. The van der Waals surface area contributed by atoms with Gasteiger partial charge in [-0.2, -0.15) is 0 Å². The first-order chi connectivity index (χ1) is 8.20. The first-order valence-electron chi connectivity index (χ1n) is 6.81. The van der Waals surface area contributed by atoms with Crippen molar-refractivity contribution in [3.8, 4) is 0 Å². The number of nitrogens with zero attached hydrogens (tertiary/aromatic N) is 1. The van der Waals surface area contributed by atoms with Gasteiger partial charge in [0.15, 0.2) is 0 Å². The average Bonchev–Trinajstić information content (AvgIpc) is 2.19. The fourth-order valence-corrected chi connectivity index (χ4v) is 2.24. The van der Waals surface area contributed by atoms with E-state index in [0.717, 1.165) is 19.5 Å². The Kier molecular flexibility index (Phi) is 5.17. The minimum atomic E-state index is -0.434. The molecule has 0 aromatic rings. The molecule has 106 valence electrons. The topological polar surface area (TPSA) is 49.8 Å². The lowest BCUT2D eigenvalue weighted by molar-refractivity contribution is -0.164. The van der Waals surface area contributed by atoms with Crippen molar-refractivity contribution in [3.63, 3.8) is 0 Å². The lowest BCUT2D eigenvalue weighted by atomic mass is 9.94. The number of hydrogen-bond donors (Lipinski definition) is 1. The fraction of sp³-hybridized carbons (Fsp3) is 0.929. The van der Waals surface area contributed by atoms with Crippen LogP contribution in [0.2, 0.25) is 0 Å². The van der Waals surface area contributed by atoms with Crippen LogP contribution in [0.3, 0.4) is 0 Å². The van der Waals surface area contributed by atoms with Gasteiger partial charge in [0.25, 0.3) is 0 Å². The molecule has 0 spiro atoms. The molecular formula is C14H27NO3. The number of aliphatic hydroxyl groups excluding tert-OH is 1. The average molecular weight is 257 g/mol. The number of likely N-dealkylation sites (tertiary alicyclic amines) is 1. The van der Waals surface area contributed by atoms with E-state index in [9.17, 15) is 9.90 Å². The number of hydrogen-bond acceptors (Lipinski definition) is 4. The van der Waals surface area contributed by atoms with Gasteiger partial charge in [-0.3, -0.25) is 4.79 Å². The molecule has 0 aliphatic carbocycles. The molecule has 1 fully saturated rings. The van der Waals surface area contributed by atoms with Crippen LogP contribution in [0.15, 0.2) is 0 Å². The van der Waals surface area contributed by atoms with Gasteiger partial charge in [-0.1, -0.05) is 6.92 Å². The number of ether oxygens (including phenoxy) is 1. The monoisotopic (exact) mass is 257 g/mol. The van der Waals surface area contributed by atoms with E-state index in [1.54, 1.807) is 6.92 Å². The van der Waals surface area contributed by atoms with Gasteiger partial charge in [0.05, 0.1) is 11.5 Å². The van der Waals surface area contributed by atoms with Crippen LogP contribution in [0.4, 0.5) is 0 Å². The maximum absolute atomic E-state index is 11.9. The molecule has 1 heterocycles. The first kappa shape index (κ1) is 15.4. The Morgan fingerprint density at radius 2 is 2.11 bits per heavy atom. The maximum Gasteiger partial charge on any atom is 0.311 e. The van der Waals surface area contributed by atoms with Gasteiger partial charge in [-0.25, -0.2) is 0 Å². The fourth-order valence-electron chi connectivity index (χ4n) is 2.24. The Morgan fingerprint density at radius 3 is 2.56 bits per heavy atom. The third-order valence-electron chi connectivity index (χ3n) is 3.30. The van der Waals surface area contributed by atoms with E-state index in [-0.39, 0.29) is 18.2 Å². The van der Waals surface area contributed by atoms with E-state index in [4.69, 9.17) is 4.74 Å². The number of piperidine rings is 1. The molecule has 18 heavy (non-hydrogen) atoms. The summed E-state index contributed by atoms with van der Waals surface area (Å²) in [7, 11) is 0. The Balaban J connectivity index is 2.45. The van der Waals surface area contributed by atoms with Crippen LogP contribution in [0, 0.1) is 11.3 Å². The van der Waals surface area contributed by atoms with Gasteiger partial charge in [-0.15, -0.1) is 0 Å². The summed E-state index contributed by atoms with van der Waals surface area (Å²) in [6, 6.07) is 0. The summed E-state index contributed by atoms with van der Waals surface area (Å²) in [4.78, 5) is 14.1. The molecule has 0 amide bonds. The molecule has 0 aromatic carbocycles. The molecule has 1 saturated heterocycles. The number of carbonyl (C=O) groups is 1. The van der Waals surface area contributed by atoms with Crippen molar-refractivity contribution in [2.24, 2.45) is 11.3 Å². The van der Waals surface area contributed by atoms with Gasteiger partial charge in [-0.05, 0) is 34.1 Å². The van der Waals surface area contributed by atoms with Gasteiger partial charge >= 0.3 is 5.97 Å². The highest BCUT2D eigenvalue weighted by molar-refractivity contribution is 5.75. The van der Waals surface area contributed by atoms with Crippen molar-refractivity contribution >= 4 is 5.97 Å². The third-order valence-corrected chi connectivity index (χ3v) is 3.30.